The van der Waals surface area contributed by atoms with Crippen LogP contribution in [0.2, 0.25) is 0 Å². The molecule has 0 aliphatic heterocycles. The van der Waals surface area contributed by atoms with Crippen LogP contribution in [0.3, 0.4) is 0 Å². The SMILES string of the molecule is CCCCCCCCCCCCS(=O)(=O)O.[Na+].c1ccccc1. The summed E-state index contributed by atoms with van der Waals surface area (Å²) in [5.41, 5.74) is 0. The average Bonchev–Trinajstić information content (AvgIpc) is 2.50. The summed E-state index contributed by atoms with van der Waals surface area (Å²) in [6.07, 6.45) is 11.7. The topological polar surface area (TPSA) is 54.4 Å². The van der Waals surface area contributed by atoms with Crippen LogP contribution in [-0.4, -0.2) is 18.7 Å². The van der Waals surface area contributed by atoms with Crippen LogP contribution in [0.15, 0.2) is 36.4 Å². The Morgan fingerprint density at radius 1 is 0.652 bits per heavy atom. The first kappa shape index (κ1) is 25.4. The van der Waals surface area contributed by atoms with Gasteiger partial charge in [-0.15, -0.1) is 0 Å². The minimum atomic E-state index is -3.73. The largest absolute Gasteiger partial charge is 1.00 e. The van der Waals surface area contributed by atoms with Gasteiger partial charge in [0.15, 0.2) is 0 Å². The molecule has 1 N–H and O–H groups in total. The molecule has 0 aliphatic carbocycles. The van der Waals surface area contributed by atoms with Gasteiger partial charge in [-0.1, -0.05) is 101 Å². The molecular formula is C18H32NaO3S+. The van der Waals surface area contributed by atoms with Gasteiger partial charge in [0.2, 0.25) is 0 Å². The minimum Gasteiger partial charge on any atom is -0.286 e. The standard InChI is InChI=1S/C12H26O3S.C6H6.Na/c1-2-3-4-5-6-7-8-9-10-11-12-16(13,14)15;1-2-4-6-5-3-1;/h2-12H2,1H3,(H,13,14,15);1-6H;/q;;+1. The quantitative estimate of drug-likeness (QED) is 0.379. The van der Waals surface area contributed by atoms with Crippen LogP contribution in [0.1, 0.15) is 71.1 Å². The Labute approximate surface area is 165 Å². The van der Waals surface area contributed by atoms with Crippen molar-refractivity contribution in [2.45, 2.75) is 71.1 Å². The predicted molar refractivity (Wildman–Crippen MR) is 94.7 cm³/mol. The average molecular weight is 352 g/mol. The van der Waals surface area contributed by atoms with E-state index < -0.39 is 10.1 Å². The molecule has 0 saturated heterocycles. The van der Waals surface area contributed by atoms with E-state index in [9.17, 15) is 8.42 Å². The zero-order valence-corrected chi connectivity index (χ0v) is 17.7. The minimum absolute atomic E-state index is 0. The summed E-state index contributed by atoms with van der Waals surface area (Å²) < 4.78 is 29.4. The number of rotatable bonds is 11. The van der Waals surface area contributed by atoms with E-state index in [4.69, 9.17) is 4.55 Å². The van der Waals surface area contributed by atoms with Crippen molar-refractivity contribution < 1.29 is 42.5 Å². The van der Waals surface area contributed by atoms with Crippen LogP contribution in [0.5, 0.6) is 0 Å². The zero-order valence-electron chi connectivity index (χ0n) is 14.9. The predicted octanol–water partition coefficient (Wildman–Crippen LogP) is 2.49. The molecule has 0 aliphatic rings. The number of hydrogen-bond donors (Lipinski definition) is 1. The molecule has 0 amide bonds. The van der Waals surface area contributed by atoms with Crippen LogP contribution >= 0.6 is 0 Å². The van der Waals surface area contributed by atoms with E-state index in [1.165, 1.54) is 44.9 Å². The van der Waals surface area contributed by atoms with Gasteiger partial charge < -0.3 is 0 Å². The monoisotopic (exact) mass is 351 g/mol. The summed E-state index contributed by atoms with van der Waals surface area (Å²) in [4.78, 5) is 0. The van der Waals surface area contributed by atoms with Crippen LogP contribution in [0.4, 0.5) is 0 Å². The molecular weight excluding hydrogens is 319 g/mol. The first-order chi connectivity index (χ1) is 10.6. The van der Waals surface area contributed by atoms with Gasteiger partial charge in [-0.3, -0.25) is 4.55 Å². The maximum absolute atomic E-state index is 10.4. The van der Waals surface area contributed by atoms with Gasteiger partial charge in [0.1, 0.15) is 0 Å². The Bertz CT molecular complexity index is 394. The van der Waals surface area contributed by atoms with E-state index in [2.05, 4.69) is 6.92 Å². The molecule has 1 aromatic rings. The van der Waals surface area contributed by atoms with E-state index in [1.54, 1.807) is 0 Å². The number of benzene rings is 1. The fourth-order valence-corrected chi connectivity index (χ4v) is 2.73. The summed E-state index contributed by atoms with van der Waals surface area (Å²) in [5.74, 6) is -0.0799. The molecule has 0 spiro atoms. The molecule has 0 atom stereocenters. The first-order valence-electron chi connectivity index (χ1n) is 8.51. The van der Waals surface area contributed by atoms with E-state index in [1.807, 2.05) is 36.4 Å². The fraction of sp³-hybridized carbons (Fsp3) is 0.667. The Balaban J connectivity index is 0. The molecule has 1 rings (SSSR count). The van der Waals surface area contributed by atoms with Gasteiger partial charge in [0.05, 0.1) is 5.75 Å². The third-order valence-corrected chi connectivity index (χ3v) is 4.23. The molecule has 0 heterocycles. The maximum Gasteiger partial charge on any atom is 1.00 e. The summed E-state index contributed by atoms with van der Waals surface area (Å²) in [7, 11) is -3.73. The van der Waals surface area contributed by atoms with Gasteiger partial charge in [0.25, 0.3) is 10.1 Å². The Hall–Kier alpha value is 0.130. The van der Waals surface area contributed by atoms with Crippen molar-refractivity contribution in [1.29, 1.82) is 0 Å². The normalized spacial score (nSPS) is 10.3. The van der Waals surface area contributed by atoms with Crippen molar-refractivity contribution in [3.8, 4) is 0 Å². The molecule has 128 valence electrons. The van der Waals surface area contributed by atoms with E-state index in [0.29, 0.717) is 6.42 Å². The summed E-state index contributed by atoms with van der Waals surface area (Å²) in [6, 6.07) is 12.0. The van der Waals surface area contributed by atoms with Gasteiger partial charge in [-0.05, 0) is 6.42 Å². The number of hydrogen-bond acceptors (Lipinski definition) is 2. The van der Waals surface area contributed by atoms with E-state index >= 15 is 0 Å². The van der Waals surface area contributed by atoms with Crippen molar-refractivity contribution in [3.05, 3.63) is 36.4 Å². The smallest absolute Gasteiger partial charge is 0.286 e. The molecule has 1 aromatic carbocycles. The molecule has 3 nitrogen and oxygen atoms in total. The summed E-state index contributed by atoms with van der Waals surface area (Å²) in [5, 5.41) is 0. The second-order valence-electron chi connectivity index (χ2n) is 5.62. The molecule has 0 saturated carbocycles. The summed E-state index contributed by atoms with van der Waals surface area (Å²) in [6.45, 7) is 2.22. The Morgan fingerprint density at radius 3 is 1.26 bits per heavy atom. The first-order valence-corrected chi connectivity index (χ1v) is 10.1. The van der Waals surface area contributed by atoms with Crippen LogP contribution in [-0.2, 0) is 10.1 Å². The molecule has 0 radical (unpaired) electrons. The van der Waals surface area contributed by atoms with E-state index in [0.717, 1.165) is 12.8 Å². The van der Waals surface area contributed by atoms with Gasteiger partial charge >= 0.3 is 29.6 Å². The second-order valence-corrected chi connectivity index (χ2v) is 7.19. The molecule has 0 bridgehead atoms. The third kappa shape index (κ3) is 24.5. The van der Waals surface area contributed by atoms with Crippen molar-refractivity contribution in [2.24, 2.45) is 0 Å². The van der Waals surface area contributed by atoms with Gasteiger partial charge in [-0.2, -0.15) is 8.42 Å². The molecule has 5 heteroatoms. The van der Waals surface area contributed by atoms with Crippen molar-refractivity contribution in [3.63, 3.8) is 0 Å². The maximum atomic E-state index is 10.4. The summed E-state index contributed by atoms with van der Waals surface area (Å²) >= 11 is 0. The fourth-order valence-electron chi connectivity index (χ4n) is 2.16. The van der Waals surface area contributed by atoms with E-state index in [-0.39, 0.29) is 35.3 Å². The molecule has 0 fully saturated rings. The van der Waals surface area contributed by atoms with Crippen molar-refractivity contribution in [2.75, 3.05) is 5.75 Å². The van der Waals surface area contributed by atoms with Crippen LogP contribution in [0.25, 0.3) is 0 Å². The second kappa shape index (κ2) is 18.5. The Morgan fingerprint density at radius 2 is 0.957 bits per heavy atom. The van der Waals surface area contributed by atoms with Crippen LogP contribution in [0, 0.1) is 0 Å². The molecule has 23 heavy (non-hydrogen) atoms. The van der Waals surface area contributed by atoms with Crippen molar-refractivity contribution >= 4 is 10.1 Å². The molecule has 0 aromatic heterocycles. The van der Waals surface area contributed by atoms with Crippen LogP contribution < -0.4 is 29.6 Å². The van der Waals surface area contributed by atoms with Crippen molar-refractivity contribution in [1.82, 2.24) is 0 Å². The number of unbranched alkanes of at least 4 members (excludes halogenated alkanes) is 9. The third-order valence-electron chi connectivity index (χ3n) is 3.42. The molecule has 0 unspecified atom stereocenters. The zero-order chi connectivity index (χ0) is 16.5. The van der Waals surface area contributed by atoms with Gasteiger partial charge in [0, 0.05) is 0 Å². The van der Waals surface area contributed by atoms with Gasteiger partial charge in [-0.25, -0.2) is 0 Å². The Kier molecular flexibility index (Phi) is 20.4.